The molecule has 0 aromatic carbocycles. The van der Waals surface area contributed by atoms with Crippen LogP contribution in [-0.2, 0) is 0 Å². The fourth-order valence-electron chi connectivity index (χ4n) is 0.674. The van der Waals surface area contributed by atoms with Gasteiger partial charge in [0.25, 0.3) is 0 Å². The van der Waals surface area contributed by atoms with Crippen molar-refractivity contribution in [3.05, 3.63) is 49.1 Å². The normalized spacial score (nSPS) is 14.9. The monoisotopic (exact) mass is 149 g/mol. The molecule has 0 fully saturated rings. The Morgan fingerprint density at radius 3 is 2.36 bits per heavy atom. The zero-order valence-electron chi connectivity index (χ0n) is 6.96. The van der Waals surface area contributed by atoms with Gasteiger partial charge in [-0.05, 0) is 12.5 Å². The smallest absolute Gasteiger partial charge is 0.0266 e. The van der Waals surface area contributed by atoms with E-state index in [1.54, 1.807) is 12.2 Å². The van der Waals surface area contributed by atoms with E-state index < -0.39 is 0 Å². The van der Waals surface area contributed by atoms with Crippen LogP contribution in [0, 0.1) is 0 Å². The summed E-state index contributed by atoms with van der Waals surface area (Å²) >= 11 is 0. The minimum atomic E-state index is 0.0456. The van der Waals surface area contributed by atoms with Crippen LogP contribution >= 0.6 is 0 Å². The molecule has 0 saturated heterocycles. The van der Waals surface area contributed by atoms with Crippen molar-refractivity contribution in [2.24, 2.45) is 5.73 Å². The Morgan fingerprint density at radius 1 is 1.36 bits per heavy atom. The molecule has 11 heavy (non-hydrogen) atoms. The van der Waals surface area contributed by atoms with Crippen molar-refractivity contribution in [2.45, 2.75) is 13.0 Å². The third-order valence-corrected chi connectivity index (χ3v) is 1.26. The van der Waals surface area contributed by atoms with Crippen molar-refractivity contribution in [2.75, 3.05) is 0 Å². The summed E-state index contributed by atoms with van der Waals surface area (Å²) in [5, 5.41) is 0. The molecule has 60 valence electrons. The van der Waals surface area contributed by atoms with Gasteiger partial charge in [-0.25, -0.2) is 0 Å². The molecule has 0 amide bonds. The zero-order chi connectivity index (χ0) is 8.69. The molecule has 0 rings (SSSR count). The van der Waals surface area contributed by atoms with E-state index in [2.05, 4.69) is 13.2 Å². The third-order valence-electron chi connectivity index (χ3n) is 1.26. The van der Waals surface area contributed by atoms with Crippen molar-refractivity contribution >= 4 is 0 Å². The highest BCUT2D eigenvalue weighted by atomic mass is 14.6. The lowest BCUT2D eigenvalue weighted by Gasteiger charge is -2.03. The molecule has 0 radical (unpaired) electrons. The Kier molecular flexibility index (Phi) is 5.13. The summed E-state index contributed by atoms with van der Waals surface area (Å²) in [6, 6.07) is 0.0456. The van der Waals surface area contributed by atoms with Crippen molar-refractivity contribution in [1.82, 2.24) is 0 Å². The first-order chi connectivity index (χ1) is 5.22. The van der Waals surface area contributed by atoms with Crippen LogP contribution in [0.15, 0.2) is 49.1 Å². The lowest BCUT2D eigenvalue weighted by molar-refractivity contribution is 0.885. The molecule has 0 aromatic heterocycles. The minimum absolute atomic E-state index is 0.0456. The van der Waals surface area contributed by atoms with Gasteiger partial charge in [-0.15, -0.1) is 0 Å². The van der Waals surface area contributed by atoms with Gasteiger partial charge in [-0.2, -0.15) is 0 Å². The number of nitrogens with two attached hydrogens (primary N) is 1. The van der Waals surface area contributed by atoms with E-state index in [-0.39, 0.29) is 6.04 Å². The van der Waals surface area contributed by atoms with Gasteiger partial charge in [0, 0.05) is 6.04 Å². The van der Waals surface area contributed by atoms with E-state index in [0.29, 0.717) is 0 Å². The van der Waals surface area contributed by atoms with Crippen LogP contribution in [0.3, 0.4) is 0 Å². The molecule has 0 aliphatic rings. The van der Waals surface area contributed by atoms with Crippen LogP contribution < -0.4 is 5.73 Å². The standard InChI is InChI=1S/C10H15N/c1-4-6-8-10(7-5-2)9(3)11/h4-9H,1-2,11H2,3H3/b8-6-,10-7+. The van der Waals surface area contributed by atoms with Crippen molar-refractivity contribution < 1.29 is 0 Å². The molecule has 1 nitrogen and oxygen atoms in total. The van der Waals surface area contributed by atoms with Crippen LogP contribution in [0.25, 0.3) is 0 Å². The SMILES string of the molecule is C=C/C=C\C(=C/C=C)C(C)N. The molecule has 1 heteroatoms. The fourth-order valence-corrected chi connectivity index (χ4v) is 0.674. The van der Waals surface area contributed by atoms with E-state index in [1.807, 2.05) is 25.2 Å². The van der Waals surface area contributed by atoms with E-state index in [4.69, 9.17) is 5.73 Å². The molecule has 0 aliphatic carbocycles. The first kappa shape index (κ1) is 9.92. The van der Waals surface area contributed by atoms with Crippen molar-refractivity contribution in [3.8, 4) is 0 Å². The topological polar surface area (TPSA) is 26.0 Å². The lowest BCUT2D eigenvalue weighted by Crippen LogP contribution is -2.16. The number of allylic oxidation sites excluding steroid dienone is 4. The van der Waals surface area contributed by atoms with Crippen LogP contribution in [0.2, 0.25) is 0 Å². The van der Waals surface area contributed by atoms with Gasteiger partial charge in [-0.1, -0.05) is 43.5 Å². The average molecular weight is 149 g/mol. The van der Waals surface area contributed by atoms with Gasteiger partial charge in [0.1, 0.15) is 0 Å². The second-order valence-corrected chi connectivity index (χ2v) is 2.29. The summed E-state index contributed by atoms with van der Waals surface area (Å²) in [5.74, 6) is 0. The van der Waals surface area contributed by atoms with Gasteiger partial charge in [0.05, 0.1) is 0 Å². The largest absolute Gasteiger partial charge is 0.324 e. The van der Waals surface area contributed by atoms with E-state index in [1.165, 1.54) is 0 Å². The summed E-state index contributed by atoms with van der Waals surface area (Å²) in [4.78, 5) is 0. The van der Waals surface area contributed by atoms with E-state index >= 15 is 0 Å². The highest BCUT2D eigenvalue weighted by molar-refractivity contribution is 5.28. The van der Waals surface area contributed by atoms with Gasteiger partial charge < -0.3 is 5.73 Å². The summed E-state index contributed by atoms with van der Waals surface area (Å²) in [7, 11) is 0. The lowest BCUT2D eigenvalue weighted by atomic mass is 10.1. The maximum Gasteiger partial charge on any atom is 0.0266 e. The molecular weight excluding hydrogens is 134 g/mol. The Balaban J connectivity index is 4.34. The predicted molar refractivity (Wildman–Crippen MR) is 51.3 cm³/mol. The Bertz CT molecular complexity index is 185. The van der Waals surface area contributed by atoms with Gasteiger partial charge in [0.2, 0.25) is 0 Å². The predicted octanol–water partition coefficient (Wildman–Crippen LogP) is 2.19. The van der Waals surface area contributed by atoms with E-state index in [0.717, 1.165) is 5.57 Å². The molecule has 0 heterocycles. The zero-order valence-corrected chi connectivity index (χ0v) is 6.96. The summed E-state index contributed by atoms with van der Waals surface area (Å²) in [6.07, 6.45) is 9.13. The Hall–Kier alpha value is -1.08. The van der Waals surface area contributed by atoms with Gasteiger partial charge in [0.15, 0.2) is 0 Å². The third kappa shape index (κ3) is 4.34. The maximum atomic E-state index is 5.66. The highest BCUT2D eigenvalue weighted by Gasteiger charge is 1.95. The average Bonchev–Trinajstić information content (AvgIpc) is 1.97. The van der Waals surface area contributed by atoms with Gasteiger partial charge >= 0.3 is 0 Å². The number of hydrogen-bond donors (Lipinski definition) is 1. The first-order valence-electron chi connectivity index (χ1n) is 3.59. The maximum absolute atomic E-state index is 5.66. The molecule has 0 bridgehead atoms. The molecular formula is C10H15N. The molecule has 0 aromatic rings. The highest BCUT2D eigenvalue weighted by Crippen LogP contribution is 2.01. The Labute approximate surface area is 68.6 Å². The van der Waals surface area contributed by atoms with E-state index in [9.17, 15) is 0 Å². The molecule has 1 unspecified atom stereocenters. The second-order valence-electron chi connectivity index (χ2n) is 2.29. The second kappa shape index (κ2) is 5.69. The molecule has 0 spiro atoms. The molecule has 0 aliphatic heterocycles. The molecule has 0 saturated carbocycles. The molecule has 1 atom stereocenters. The van der Waals surface area contributed by atoms with Crippen LogP contribution in [-0.4, -0.2) is 6.04 Å². The summed E-state index contributed by atoms with van der Waals surface area (Å²) < 4.78 is 0. The Morgan fingerprint density at radius 2 is 2.00 bits per heavy atom. The summed E-state index contributed by atoms with van der Waals surface area (Å²) in [5.41, 5.74) is 6.72. The van der Waals surface area contributed by atoms with Crippen molar-refractivity contribution in [3.63, 3.8) is 0 Å². The fraction of sp³-hybridized carbons (Fsp3) is 0.200. The summed E-state index contributed by atoms with van der Waals surface area (Å²) in [6.45, 7) is 9.10. The quantitative estimate of drug-likeness (QED) is 0.609. The number of hydrogen-bond acceptors (Lipinski definition) is 1. The minimum Gasteiger partial charge on any atom is -0.324 e. The van der Waals surface area contributed by atoms with Crippen LogP contribution in [0.1, 0.15) is 6.92 Å². The van der Waals surface area contributed by atoms with Gasteiger partial charge in [-0.3, -0.25) is 0 Å². The van der Waals surface area contributed by atoms with Crippen LogP contribution in [0.4, 0.5) is 0 Å². The number of rotatable bonds is 4. The first-order valence-corrected chi connectivity index (χ1v) is 3.59. The van der Waals surface area contributed by atoms with Crippen molar-refractivity contribution in [1.29, 1.82) is 0 Å². The molecule has 2 N–H and O–H groups in total. The van der Waals surface area contributed by atoms with Crippen LogP contribution in [0.5, 0.6) is 0 Å².